The molecule has 0 fully saturated rings. The van der Waals surface area contributed by atoms with E-state index in [4.69, 9.17) is 0 Å². The lowest BCUT2D eigenvalue weighted by atomic mass is 10.0. The molecule has 0 spiro atoms. The number of carbonyl (C=O) groups excluding carboxylic acids is 1. The van der Waals surface area contributed by atoms with Gasteiger partial charge in [0.15, 0.2) is 0 Å². The van der Waals surface area contributed by atoms with Gasteiger partial charge in [-0.3, -0.25) is 14.8 Å². The van der Waals surface area contributed by atoms with Gasteiger partial charge < -0.3 is 10.2 Å². The summed E-state index contributed by atoms with van der Waals surface area (Å²) in [5.41, 5.74) is 4.87. The van der Waals surface area contributed by atoms with Crippen LogP contribution in [-0.2, 0) is 19.5 Å². The number of pyridine rings is 2. The lowest BCUT2D eigenvalue weighted by Gasteiger charge is -2.23. The number of amides is 1. The normalized spacial score (nSPS) is 13.5. The minimum absolute atomic E-state index is 0.0308. The third kappa shape index (κ3) is 2.98. The van der Waals surface area contributed by atoms with Crippen molar-refractivity contribution in [2.24, 2.45) is 0 Å². The summed E-state index contributed by atoms with van der Waals surface area (Å²) in [5.74, 6) is 0.0308. The van der Waals surface area contributed by atoms with E-state index in [0.29, 0.717) is 13.1 Å². The van der Waals surface area contributed by atoms with Crippen LogP contribution in [0.3, 0.4) is 0 Å². The van der Waals surface area contributed by atoms with Gasteiger partial charge in [0, 0.05) is 67.7 Å². The van der Waals surface area contributed by atoms with Gasteiger partial charge in [0.05, 0.1) is 5.52 Å². The average molecular weight is 332 g/mol. The Bertz CT molecular complexity index is 933. The smallest absolute Gasteiger partial charge is 0.254 e. The summed E-state index contributed by atoms with van der Waals surface area (Å²) in [5, 5.41) is 4.42. The quantitative estimate of drug-likeness (QED) is 0.801. The maximum absolute atomic E-state index is 13.0. The van der Waals surface area contributed by atoms with Crippen LogP contribution in [0.15, 0.2) is 48.8 Å². The van der Waals surface area contributed by atoms with Gasteiger partial charge in [-0.2, -0.15) is 0 Å². The zero-order chi connectivity index (χ0) is 17.2. The van der Waals surface area contributed by atoms with Crippen LogP contribution in [0.1, 0.15) is 27.2 Å². The molecule has 2 aromatic heterocycles. The van der Waals surface area contributed by atoms with E-state index in [9.17, 15) is 4.79 Å². The number of rotatable bonds is 3. The van der Waals surface area contributed by atoms with Gasteiger partial charge in [-0.15, -0.1) is 0 Å². The minimum atomic E-state index is 0.0308. The van der Waals surface area contributed by atoms with Crippen LogP contribution >= 0.6 is 0 Å². The van der Waals surface area contributed by atoms with Crippen LogP contribution in [0.4, 0.5) is 0 Å². The number of nitrogens with zero attached hydrogens (tertiary/aromatic N) is 3. The van der Waals surface area contributed by atoms with E-state index in [-0.39, 0.29) is 5.91 Å². The van der Waals surface area contributed by atoms with Gasteiger partial charge in [0.2, 0.25) is 0 Å². The molecule has 0 aliphatic carbocycles. The lowest BCUT2D eigenvalue weighted by molar-refractivity contribution is 0.0784. The molecule has 5 heteroatoms. The molecule has 1 aliphatic heterocycles. The van der Waals surface area contributed by atoms with E-state index in [1.165, 1.54) is 0 Å². The van der Waals surface area contributed by atoms with Crippen molar-refractivity contribution >= 4 is 16.8 Å². The Hall–Kier alpha value is -2.79. The Morgan fingerprint density at radius 2 is 2.00 bits per heavy atom. The molecule has 5 nitrogen and oxygen atoms in total. The van der Waals surface area contributed by atoms with Crippen molar-refractivity contribution in [1.29, 1.82) is 0 Å². The highest BCUT2D eigenvalue weighted by atomic mass is 16.2. The predicted molar refractivity (Wildman–Crippen MR) is 97.2 cm³/mol. The highest BCUT2D eigenvalue weighted by Crippen LogP contribution is 2.21. The van der Waals surface area contributed by atoms with Gasteiger partial charge in [-0.05, 0) is 23.8 Å². The number of hydrogen-bond donors (Lipinski definition) is 1. The maximum Gasteiger partial charge on any atom is 0.254 e. The summed E-state index contributed by atoms with van der Waals surface area (Å²) in [6.07, 6.45) is 4.41. The second-order valence-electron chi connectivity index (χ2n) is 6.36. The van der Waals surface area contributed by atoms with Crippen molar-refractivity contribution < 1.29 is 4.79 Å². The molecule has 3 heterocycles. The molecule has 1 aromatic carbocycles. The molecular weight excluding hydrogens is 312 g/mol. The summed E-state index contributed by atoms with van der Waals surface area (Å²) in [4.78, 5) is 23.6. The average Bonchev–Trinajstić information content (AvgIpc) is 2.67. The molecule has 1 aliphatic rings. The highest BCUT2D eigenvalue weighted by molar-refractivity contribution is 5.96. The SMILES string of the molecule is CN(Cc1ccnc2ccccc12)C(=O)c1ccnc2c1CNCC2. The highest BCUT2D eigenvalue weighted by Gasteiger charge is 2.21. The van der Waals surface area contributed by atoms with E-state index in [1.54, 1.807) is 17.3 Å². The van der Waals surface area contributed by atoms with Gasteiger partial charge in [0.25, 0.3) is 5.91 Å². The molecular formula is C20H20N4O. The van der Waals surface area contributed by atoms with Crippen molar-refractivity contribution in [2.75, 3.05) is 13.6 Å². The van der Waals surface area contributed by atoms with Gasteiger partial charge in [0.1, 0.15) is 0 Å². The number of benzene rings is 1. The second kappa shape index (κ2) is 6.61. The summed E-state index contributed by atoms with van der Waals surface area (Å²) in [6, 6.07) is 11.8. The van der Waals surface area contributed by atoms with Gasteiger partial charge in [-0.25, -0.2) is 0 Å². The van der Waals surface area contributed by atoms with E-state index < -0.39 is 0 Å². The Morgan fingerprint density at radius 1 is 1.16 bits per heavy atom. The Morgan fingerprint density at radius 3 is 2.92 bits per heavy atom. The standard InChI is InChI=1S/C20H20N4O/c1-24(13-14-6-10-22-18-5-3-2-4-15(14)18)20(25)16-7-11-23-19-8-9-21-12-17(16)19/h2-7,10-11,21H,8-9,12-13H2,1H3. The van der Waals surface area contributed by atoms with Crippen molar-refractivity contribution in [3.63, 3.8) is 0 Å². The zero-order valence-corrected chi connectivity index (χ0v) is 14.2. The fraction of sp³-hybridized carbons (Fsp3) is 0.250. The minimum Gasteiger partial charge on any atom is -0.337 e. The third-order valence-electron chi connectivity index (χ3n) is 4.71. The molecule has 0 bridgehead atoms. The fourth-order valence-electron chi connectivity index (χ4n) is 3.39. The van der Waals surface area contributed by atoms with Crippen LogP contribution < -0.4 is 5.32 Å². The maximum atomic E-state index is 13.0. The first-order valence-corrected chi connectivity index (χ1v) is 8.49. The van der Waals surface area contributed by atoms with E-state index in [0.717, 1.165) is 46.3 Å². The molecule has 0 atom stereocenters. The Balaban J connectivity index is 1.63. The molecule has 0 radical (unpaired) electrons. The molecule has 1 N–H and O–H groups in total. The Labute approximate surface area is 146 Å². The molecule has 3 aromatic rings. The number of nitrogens with one attached hydrogen (secondary N) is 1. The van der Waals surface area contributed by atoms with Crippen LogP contribution in [0.2, 0.25) is 0 Å². The number of fused-ring (bicyclic) bond motifs is 2. The van der Waals surface area contributed by atoms with Crippen molar-refractivity contribution in [3.05, 3.63) is 71.2 Å². The number of para-hydroxylation sites is 1. The lowest BCUT2D eigenvalue weighted by Crippen LogP contribution is -2.31. The first-order valence-electron chi connectivity index (χ1n) is 8.49. The van der Waals surface area contributed by atoms with Crippen molar-refractivity contribution in [2.45, 2.75) is 19.5 Å². The first-order chi connectivity index (χ1) is 12.2. The van der Waals surface area contributed by atoms with Crippen molar-refractivity contribution in [1.82, 2.24) is 20.2 Å². The van der Waals surface area contributed by atoms with Crippen LogP contribution in [0, 0.1) is 0 Å². The molecule has 0 saturated heterocycles. The summed E-state index contributed by atoms with van der Waals surface area (Å²) >= 11 is 0. The van der Waals surface area contributed by atoms with Crippen LogP contribution in [-0.4, -0.2) is 34.4 Å². The molecule has 1 amide bonds. The molecule has 25 heavy (non-hydrogen) atoms. The number of aromatic nitrogens is 2. The van der Waals surface area contributed by atoms with Crippen LogP contribution in [0.5, 0.6) is 0 Å². The van der Waals surface area contributed by atoms with Gasteiger partial charge >= 0.3 is 0 Å². The number of carbonyl (C=O) groups is 1. The van der Waals surface area contributed by atoms with Crippen molar-refractivity contribution in [3.8, 4) is 0 Å². The zero-order valence-electron chi connectivity index (χ0n) is 14.2. The molecule has 0 saturated carbocycles. The molecule has 0 unspecified atom stereocenters. The Kier molecular flexibility index (Phi) is 4.15. The molecule has 126 valence electrons. The van der Waals surface area contributed by atoms with E-state index >= 15 is 0 Å². The third-order valence-corrected chi connectivity index (χ3v) is 4.71. The predicted octanol–water partition coefficient (Wildman–Crippen LogP) is 2.55. The summed E-state index contributed by atoms with van der Waals surface area (Å²) < 4.78 is 0. The van der Waals surface area contributed by atoms with E-state index in [2.05, 4.69) is 15.3 Å². The molecule has 4 rings (SSSR count). The topological polar surface area (TPSA) is 58.1 Å². The monoisotopic (exact) mass is 332 g/mol. The summed E-state index contributed by atoms with van der Waals surface area (Å²) in [7, 11) is 1.85. The fourth-order valence-corrected chi connectivity index (χ4v) is 3.39. The van der Waals surface area contributed by atoms with Gasteiger partial charge in [-0.1, -0.05) is 18.2 Å². The first kappa shape index (κ1) is 15.7. The largest absolute Gasteiger partial charge is 0.337 e. The second-order valence-corrected chi connectivity index (χ2v) is 6.36. The van der Waals surface area contributed by atoms with Crippen LogP contribution in [0.25, 0.3) is 10.9 Å². The summed E-state index contributed by atoms with van der Waals surface area (Å²) in [6.45, 7) is 2.17. The van der Waals surface area contributed by atoms with E-state index in [1.807, 2.05) is 43.4 Å². The number of hydrogen-bond acceptors (Lipinski definition) is 4.